The van der Waals surface area contributed by atoms with Crippen molar-refractivity contribution in [1.82, 2.24) is 4.90 Å². The van der Waals surface area contributed by atoms with Crippen LogP contribution in [0.5, 0.6) is 11.5 Å². The van der Waals surface area contributed by atoms with Gasteiger partial charge >= 0.3 is 0 Å². The summed E-state index contributed by atoms with van der Waals surface area (Å²) < 4.78 is 30.9. The van der Waals surface area contributed by atoms with Crippen molar-refractivity contribution in [2.45, 2.75) is 65.9 Å². The van der Waals surface area contributed by atoms with Crippen molar-refractivity contribution in [2.24, 2.45) is 10.8 Å². The fourth-order valence-corrected chi connectivity index (χ4v) is 6.94. The predicted molar refractivity (Wildman–Crippen MR) is 160 cm³/mol. The fraction of sp³-hybridized carbons (Fsp3) is 0.471. The second-order valence-electron chi connectivity index (χ2n) is 13.1. The zero-order chi connectivity index (χ0) is 30.4. The van der Waals surface area contributed by atoms with Crippen molar-refractivity contribution in [3.63, 3.8) is 0 Å². The zero-order valence-corrected chi connectivity index (χ0v) is 26.0. The summed E-state index contributed by atoms with van der Waals surface area (Å²) in [5, 5.41) is 0.291. The van der Waals surface area contributed by atoms with Crippen molar-refractivity contribution < 1.29 is 28.2 Å². The molecule has 6 nitrogen and oxygen atoms in total. The van der Waals surface area contributed by atoms with Crippen LogP contribution in [0.2, 0.25) is 5.02 Å². The minimum atomic E-state index is -0.565. The molecule has 1 heterocycles. The monoisotopic (exact) mass is 595 g/mol. The van der Waals surface area contributed by atoms with Gasteiger partial charge in [0.15, 0.2) is 23.1 Å². The third-order valence-corrected chi connectivity index (χ3v) is 8.68. The first-order valence-corrected chi connectivity index (χ1v) is 14.8. The molecule has 0 amide bonds. The number of ketones is 2. The van der Waals surface area contributed by atoms with Gasteiger partial charge in [-0.15, -0.1) is 0 Å². The van der Waals surface area contributed by atoms with E-state index in [1.165, 1.54) is 19.2 Å². The molecule has 2 aromatic rings. The van der Waals surface area contributed by atoms with Crippen LogP contribution < -0.4 is 9.47 Å². The lowest BCUT2D eigenvalue weighted by Crippen LogP contribution is -2.45. The SMILES string of the molecule is COCCN1C2=C(C(=O)CC(C)(C)C2)C(c2cc(Cl)c(OCc3cccc(F)c3)c(OC)c2)C2=C1CC(C)(C)CC2=O. The number of halogens is 2. The highest BCUT2D eigenvalue weighted by Gasteiger charge is 2.49. The Morgan fingerprint density at radius 2 is 1.55 bits per heavy atom. The van der Waals surface area contributed by atoms with E-state index >= 15 is 0 Å². The molecule has 224 valence electrons. The van der Waals surface area contributed by atoms with Gasteiger partial charge in [-0.25, -0.2) is 4.39 Å². The molecule has 2 aliphatic carbocycles. The molecule has 1 aliphatic heterocycles. The Hall–Kier alpha value is -3.16. The summed E-state index contributed by atoms with van der Waals surface area (Å²) in [6, 6.07) is 9.76. The third kappa shape index (κ3) is 5.86. The van der Waals surface area contributed by atoms with E-state index in [4.69, 9.17) is 25.8 Å². The molecule has 5 rings (SSSR count). The maximum absolute atomic E-state index is 14.0. The molecule has 0 aromatic heterocycles. The van der Waals surface area contributed by atoms with Crippen molar-refractivity contribution in [2.75, 3.05) is 27.4 Å². The van der Waals surface area contributed by atoms with Gasteiger partial charge in [0.2, 0.25) is 0 Å². The zero-order valence-electron chi connectivity index (χ0n) is 25.2. The van der Waals surface area contributed by atoms with Gasteiger partial charge in [0, 0.05) is 55.0 Å². The van der Waals surface area contributed by atoms with Crippen LogP contribution in [0.15, 0.2) is 58.9 Å². The van der Waals surface area contributed by atoms with Gasteiger partial charge in [-0.1, -0.05) is 51.4 Å². The van der Waals surface area contributed by atoms with Gasteiger partial charge in [0.1, 0.15) is 12.4 Å². The van der Waals surface area contributed by atoms with Gasteiger partial charge in [-0.2, -0.15) is 0 Å². The topological polar surface area (TPSA) is 65.1 Å². The lowest BCUT2D eigenvalue weighted by atomic mass is 9.63. The van der Waals surface area contributed by atoms with E-state index in [9.17, 15) is 14.0 Å². The molecule has 0 unspecified atom stereocenters. The molecular weight excluding hydrogens is 557 g/mol. The Morgan fingerprint density at radius 3 is 2.10 bits per heavy atom. The number of carbonyl (C=O) groups excluding carboxylic acids is 2. The molecule has 8 heteroatoms. The quantitative estimate of drug-likeness (QED) is 0.317. The number of rotatable bonds is 8. The van der Waals surface area contributed by atoms with E-state index in [-0.39, 0.29) is 34.8 Å². The van der Waals surface area contributed by atoms with Crippen LogP contribution in [0.1, 0.15) is 70.4 Å². The first-order chi connectivity index (χ1) is 19.8. The van der Waals surface area contributed by atoms with Gasteiger partial charge in [0.25, 0.3) is 0 Å². The molecular formula is C34H39ClFNO5. The average Bonchev–Trinajstić information content (AvgIpc) is 2.89. The summed E-state index contributed by atoms with van der Waals surface area (Å²) in [5.74, 6) is -0.133. The molecule has 0 fully saturated rings. The molecule has 0 saturated heterocycles. The van der Waals surface area contributed by atoms with Crippen LogP contribution in [-0.2, 0) is 20.9 Å². The maximum atomic E-state index is 14.0. The Kier molecular flexibility index (Phi) is 8.29. The minimum absolute atomic E-state index is 0.0411. The normalized spacial score (nSPS) is 20.0. The van der Waals surface area contributed by atoms with Gasteiger partial charge in [0.05, 0.1) is 18.7 Å². The van der Waals surface area contributed by atoms with Crippen molar-refractivity contribution in [3.05, 3.63) is 80.9 Å². The highest BCUT2D eigenvalue weighted by Crippen LogP contribution is 2.55. The largest absolute Gasteiger partial charge is 0.493 e. The first-order valence-electron chi connectivity index (χ1n) is 14.4. The number of allylic oxidation sites excluding steroid dienone is 4. The number of nitrogens with zero attached hydrogens (tertiary/aromatic N) is 1. The summed E-state index contributed by atoms with van der Waals surface area (Å²) in [6.07, 6.45) is 2.20. The number of Topliss-reactive ketones (excluding diaryl/α,β-unsaturated/α-hetero) is 2. The summed E-state index contributed by atoms with van der Waals surface area (Å²) in [4.78, 5) is 30.2. The van der Waals surface area contributed by atoms with Crippen LogP contribution in [0.3, 0.4) is 0 Å². The van der Waals surface area contributed by atoms with Crippen LogP contribution in [0.25, 0.3) is 0 Å². The number of ether oxygens (including phenoxy) is 3. The molecule has 0 spiro atoms. The third-order valence-electron chi connectivity index (χ3n) is 8.40. The predicted octanol–water partition coefficient (Wildman–Crippen LogP) is 7.40. The molecule has 0 saturated carbocycles. The summed E-state index contributed by atoms with van der Waals surface area (Å²) in [7, 11) is 3.19. The minimum Gasteiger partial charge on any atom is -0.493 e. The first kappa shape index (κ1) is 30.3. The second kappa shape index (κ2) is 11.5. The van der Waals surface area contributed by atoms with E-state index in [0.29, 0.717) is 77.6 Å². The van der Waals surface area contributed by atoms with Gasteiger partial charge in [-0.3, -0.25) is 9.59 Å². The highest BCUT2D eigenvalue weighted by molar-refractivity contribution is 6.32. The Labute approximate surface area is 252 Å². The maximum Gasteiger partial charge on any atom is 0.180 e. The number of carbonyl (C=O) groups is 2. The molecule has 3 aliphatic rings. The standard InChI is InChI=1S/C34H39ClFNO5/c1-33(2)15-24-30(26(38)17-33)29(31-25(37(24)10-11-40-5)16-34(3,4)18-27(31)39)21-13-23(35)32(28(14-21)41-6)42-19-20-8-7-9-22(36)12-20/h7-9,12-14,29H,10-11,15-19H2,1-6H3. The van der Waals surface area contributed by atoms with Crippen molar-refractivity contribution in [3.8, 4) is 11.5 Å². The molecule has 0 N–H and O–H groups in total. The lowest BCUT2D eigenvalue weighted by molar-refractivity contribution is -0.119. The van der Waals surface area contributed by atoms with Crippen LogP contribution in [0, 0.1) is 16.6 Å². The molecule has 0 bridgehead atoms. The van der Waals surface area contributed by atoms with Crippen molar-refractivity contribution in [1.29, 1.82) is 0 Å². The van der Waals surface area contributed by atoms with E-state index < -0.39 is 5.92 Å². The van der Waals surface area contributed by atoms with Crippen LogP contribution >= 0.6 is 11.6 Å². The fourth-order valence-electron chi connectivity index (χ4n) is 6.66. The highest BCUT2D eigenvalue weighted by atomic mass is 35.5. The lowest BCUT2D eigenvalue weighted by Gasteiger charge is -2.49. The Balaban J connectivity index is 1.65. The Bertz CT molecular complexity index is 1440. The molecule has 0 atom stereocenters. The number of methoxy groups -OCH3 is 2. The molecule has 0 radical (unpaired) electrons. The Morgan fingerprint density at radius 1 is 0.929 bits per heavy atom. The number of hydrogen-bond donors (Lipinski definition) is 0. The summed E-state index contributed by atoms with van der Waals surface area (Å²) >= 11 is 6.83. The van der Waals surface area contributed by atoms with Crippen LogP contribution in [-0.4, -0.2) is 43.8 Å². The van der Waals surface area contributed by atoms with Gasteiger partial charge in [-0.05, 0) is 59.1 Å². The van der Waals surface area contributed by atoms with E-state index in [1.807, 2.05) is 6.07 Å². The summed E-state index contributed by atoms with van der Waals surface area (Å²) in [5.41, 5.74) is 4.16. The molecule has 42 heavy (non-hydrogen) atoms. The average molecular weight is 596 g/mol. The van der Waals surface area contributed by atoms with E-state index in [0.717, 1.165) is 11.4 Å². The smallest absolute Gasteiger partial charge is 0.180 e. The van der Waals surface area contributed by atoms with Crippen molar-refractivity contribution >= 4 is 23.2 Å². The number of benzene rings is 2. The number of hydrogen-bond acceptors (Lipinski definition) is 6. The van der Waals surface area contributed by atoms with Gasteiger partial charge < -0.3 is 19.1 Å². The van der Waals surface area contributed by atoms with E-state index in [2.05, 4.69) is 32.6 Å². The summed E-state index contributed by atoms with van der Waals surface area (Å²) in [6.45, 7) is 9.58. The molecule has 2 aromatic carbocycles. The van der Waals surface area contributed by atoms with Crippen LogP contribution in [0.4, 0.5) is 4.39 Å². The van der Waals surface area contributed by atoms with E-state index in [1.54, 1.807) is 25.3 Å². The second-order valence-corrected chi connectivity index (χ2v) is 13.5.